The number of nitrogens with one attached hydrogen (secondary N) is 1. The van der Waals surface area contributed by atoms with Crippen LogP contribution in [0.15, 0.2) is 6.20 Å². The van der Waals surface area contributed by atoms with Crippen molar-refractivity contribution in [2.24, 2.45) is 0 Å². The van der Waals surface area contributed by atoms with Gasteiger partial charge in [0.05, 0.1) is 23.5 Å². The van der Waals surface area contributed by atoms with Crippen molar-refractivity contribution in [1.82, 2.24) is 15.1 Å². The highest BCUT2D eigenvalue weighted by molar-refractivity contribution is 6.31. The minimum Gasteiger partial charge on any atom is -0.394 e. The Labute approximate surface area is 114 Å². The van der Waals surface area contributed by atoms with Gasteiger partial charge in [0, 0.05) is 18.1 Å². The molecular weight excluding hydrogens is 250 g/mol. The van der Waals surface area contributed by atoms with Crippen LogP contribution in [-0.4, -0.2) is 33.1 Å². The molecule has 0 bridgehead atoms. The summed E-state index contributed by atoms with van der Waals surface area (Å²) >= 11 is 5.96. The molecule has 0 amide bonds. The van der Waals surface area contributed by atoms with E-state index in [0.717, 1.165) is 25.1 Å². The Kier molecular flexibility index (Phi) is 5.63. The van der Waals surface area contributed by atoms with Gasteiger partial charge in [0.1, 0.15) is 0 Å². The van der Waals surface area contributed by atoms with E-state index in [1.807, 2.05) is 11.6 Å². The van der Waals surface area contributed by atoms with E-state index >= 15 is 0 Å². The lowest BCUT2D eigenvalue weighted by molar-refractivity contribution is 0.153. The summed E-state index contributed by atoms with van der Waals surface area (Å²) in [5, 5.41) is 17.8. The molecule has 0 aliphatic rings. The third-order valence-electron chi connectivity index (χ3n) is 3.13. The van der Waals surface area contributed by atoms with Crippen molar-refractivity contribution < 1.29 is 5.11 Å². The van der Waals surface area contributed by atoms with Gasteiger partial charge < -0.3 is 10.4 Å². The summed E-state index contributed by atoms with van der Waals surface area (Å²) in [5.74, 6) is 0. The minimum absolute atomic E-state index is 0.143. The fourth-order valence-electron chi connectivity index (χ4n) is 2.16. The number of aryl methyl sites for hydroxylation is 1. The molecule has 1 unspecified atom stereocenters. The molecule has 1 heterocycles. The maximum Gasteiger partial charge on any atom is 0.0814 e. The summed E-state index contributed by atoms with van der Waals surface area (Å²) in [5.41, 5.74) is 0.776. The molecule has 1 aromatic heterocycles. The topological polar surface area (TPSA) is 50.1 Å². The maximum absolute atomic E-state index is 9.48. The first-order valence-electron chi connectivity index (χ1n) is 6.44. The van der Waals surface area contributed by atoms with Crippen LogP contribution in [0.25, 0.3) is 0 Å². The molecule has 104 valence electrons. The summed E-state index contributed by atoms with van der Waals surface area (Å²) in [7, 11) is 0. The highest BCUT2D eigenvalue weighted by atomic mass is 35.5. The molecule has 0 aliphatic carbocycles. The number of aromatic nitrogens is 2. The Morgan fingerprint density at radius 1 is 1.56 bits per heavy atom. The third-order valence-corrected chi connectivity index (χ3v) is 3.50. The van der Waals surface area contributed by atoms with Crippen LogP contribution in [0, 0.1) is 6.92 Å². The zero-order valence-electron chi connectivity index (χ0n) is 11.7. The van der Waals surface area contributed by atoms with E-state index in [1.54, 1.807) is 6.20 Å². The number of hydrogen-bond donors (Lipinski definition) is 2. The average Bonchev–Trinajstić information content (AvgIpc) is 2.60. The van der Waals surface area contributed by atoms with Crippen molar-refractivity contribution in [3.8, 4) is 0 Å². The molecule has 0 fully saturated rings. The fraction of sp³-hybridized carbons (Fsp3) is 0.769. The highest BCUT2D eigenvalue weighted by Gasteiger charge is 2.23. The van der Waals surface area contributed by atoms with Gasteiger partial charge in [-0.2, -0.15) is 5.10 Å². The molecule has 0 radical (unpaired) electrons. The number of aliphatic hydroxyl groups excluding tert-OH is 1. The van der Waals surface area contributed by atoms with E-state index in [1.165, 1.54) is 0 Å². The molecule has 0 saturated carbocycles. The predicted molar refractivity (Wildman–Crippen MR) is 75.0 cm³/mol. The molecule has 2 N–H and O–H groups in total. The second-order valence-corrected chi connectivity index (χ2v) is 5.83. The molecule has 1 atom stereocenters. The molecule has 4 nitrogen and oxygen atoms in total. The van der Waals surface area contributed by atoms with E-state index in [2.05, 4.69) is 31.2 Å². The summed E-state index contributed by atoms with van der Waals surface area (Å²) in [4.78, 5) is 0. The Bertz CT molecular complexity index is 378. The molecule has 5 heteroatoms. The summed E-state index contributed by atoms with van der Waals surface area (Å²) in [6, 6.07) is 0.364. The lowest BCUT2D eigenvalue weighted by Gasteiger charge is -2.31. The van der Waals surface area contributed by atoms with Gasteiger partial charge in [0.15, 0.2) is 0 Å². The molecule has 0 spiro atoms. The Morgan fingerprint density at radius 2 is 2.22 bits per heavy atom. The van der Waals surface area contributed by atoms with Gasteiger partial charge in [-0.25, -0.2) is 0 Å². The Balaban J connectivity index is 2.47. The largest absolute Gasteiger partial charge is 0.394 e. The molecular formula is C13H24ClN3O. The van der Waals surface area contributed by atoms with Gasteiger partial charge in [0.25, 0.3) is 0 Å². The summed E-state index contributed by atoms with van der Waals surface area (Å²) < 4.78 is 1.91. The summed E-state index contributed by atoms with van der Waals surface area (Å²) in [6.45, 7) is 9.16. The number of halogens is 1. The predicted octanol–water partition coefficient (Wildman–Crippen LogP) is 2.37. The average molecular weight is 274 g/mol. The second-order valence-electron chi connectivity index (χ2n) is 5.42. The monoisotopic (exact) mass is 273 g/mol. The van der Waals surface area contributed by atoms with E-state index in [4.69, 9.17) is 11.6 Å². The first kappa shape index (κ1) is 15.5. The smallest absolute Gasteiger partial charge is 0.0814 e. The van der Waals surface area contributed by atoms with Crippen molar-refractivity contribution in [3.05, 3.63) is 16.9 Å². The van der Waals surface area contributed by atoms with Crippen LogP contribution < -0.4 is 5.32 Å². The van der Waals surface area contributed by atoms with Crippen LogP contribution >= 0.6 is 11.6 Å². The normalized spacial score (nSPS) is 15.1. The van der Waals surface area contributed by atoms with Crippen LogP contribution in [0.4, 0.5) is 0 Å². The van der Waals surface area contributed by atoms with Crippen molar-refractivity contribution >= 4 is 11.6 Å². The van der Waals surface area contributed by atoms with Crippen LogP contribution in [0.3, 0.4) is 0 Å². The second kappa shape index (κ2) is 6.55. The van der Waals surface area contributed by atoms with Crippen LogP contribution in [-0.2, 0) is 6.54 Å². The Hall–Kier alpha value is -0.580. The van der Waals surface area contributed by atoms with Crippen LogP contribution in [0.5, 0.6) is 0 Å². The van der Waals surface area contributed by atoms with Crippen molar-refractivity contribution in [2.45, 2.75) is 58.7 Å². The number of hydrogen-bond acceptors (Lipinski definition) is 3. The zero-order chi connectivity index (χ0) is 13.8. The van der Waals surface area contributed by atoms with Gasteiger partial charge in [-0.3, -0.25) is 4.68 Å². The molecule has 0 aliphatic heterocycles. The third kappa shape index (κ3) is 4.26. The minimum atomic E-state index is -0.223. The SMILES string of the molecule is Cc1c(Cl)cnn1CCCC(C)(CO)NC(C)C. The molecule has 0 saturated heterocycles. The number of nitrogens with zero attached hydrogens (tertiary/aromatic N) is 2. The standard InChI is InChI=1S/C13H24ClN3O/c1-10(2)16-13(4,9-18)6-5-7-17-11(3)12(14)8-15-17/h8,10,16,18H,5-7,9H2,1-4H3. The van der Waals surface area contributed by atoms with E-state index in [0.29, 0.717) is 11.1 Å². The lowest BCUT2D eigenvalue weighted by Crippen LogP contribution is -2.49. The van der Waals surface area contributed by atoms with Crippen LogP contribution in [0.1, 0.15) is 39.3 Å². The first-order chi connectivity index (χ1) is 8.38. The van der Waals surface area contributed by atoms with E-state index < -0.39 is 0 Å². The van der Waals surface area contributed by atoms with Crippen molar-refractivity contribution in [2.75, 3.05) is 6.61 Å². The molecule has 1 aromatic rings. The van der Waals surface area contributed by atoms with Gasteiger partial charge >= 0.3 is 0 Å². The molecule has 18 heavy (non-hydrogen) atoms. The van der Waals surface area contributed by atoms with E-state index in [9.17, 15) is 5.11 Å². The number of aliphatic hydroxyl groups is 1. The van der Waals surface area contributed by atoms with Crippen LogP contribution in [0.2, 0.25) is 5.02 Å². The number of rotatable bonds is 7. The molecule has 1 rings (SSSR count). The first-order valence-corrected chi connectivity index (χ1v) is 6.82. The lowest BCUT2D eigenvalue weighted by atomic mass is 9.96. The van der Waals surface area contributed by atoms with Crippen molar-refractivity contribution in [1.29, 1.82) is 0 Å². The highest BCUT2D eigenvalue weighted by Crippen LogP contribution is 2.17. The van der Waals surface area contributed by atoms with Gasteiger partial charge in [-0.1, -0.05) is 25.4 Å². The molecule has 0 aromatic carbocycles. The zero-order valence-corrected chi connectivity index (χ0v) is 12.5. The fourth-order valence-corrected chi connectivity index (χ4v) is 2.30. The quantitative estimate of drug-likeness (QED) is 0.802. The van der Waals surface area contributed by atoms with E-state index in [-0.39, 0.29) is 12.1 Å². The van der Waals surface area contributed by atoms with Gasteiger partial charge in [0.2, 0.25) is 0 Å². The maximum atomic E-state index is 9.48. The Morgan fingerprint density at radius 3 is 2.67 bits per heavy atom. The van der Waals surface area contributed by atoms with Gasteiger partial charge in [-0.05, 0) is 26.7 Å². The summed E-state index contributed by atoms with van der Waals surface area (Å²) in [6.07, 6.45) is 3.53. The van der Waals surface area contributed by atoms with Crippen molar-refractivity contribution in [3.63, 3.8) is 0 Å². The van der Waals surface area contributed by atoms with Gasteiger partial charge in [-0.15, -0.1) is 0 Å².